The lowest BCUT2D eigenvalue weighted by atomic mass is 10.1. The molecule has 0 heteroatoms. The van der Waals surface area contributed by atoms with E-state index in [2.05, 4.69) is 27.7 Å². The second-order valence-electron chi connectivity index (χ2n) is 4.59. The van der Waals surface area contributed by atoms with Crippen molar-refractivity contribution < 1.29 is 0 Å². The van der Waals surface area contributed by atoms with E-state index in [1.54, 1.807) is 0 Å². The Kier molecular flexibility index (Phi) is 0.695. The standard InChI is InChI=1S/C9H16/c1-6-5-9(6)7(2)8(9,3)4/h6-7H,5H2,1-4H3. The van der Waals surface area contributed by atoms with Crippen molar-refractivity contribution in [3.8, 4) is 0 Å². The molecule has 0 radical (unpaired) electrons. The van der Waals surface area contributed by atoms with Gasteiger partial charge < -0.3 is 0 Å². The van der Waals surface area contributed by atoms with Crippen molar-refractivity contribution in [2.45, 2.75) is 34.1 Å². The molecule has 0 nitrogen and oxygen atoms in total. The van der Waals surface area contributed by atoms with Crippen LogP contribution in [-0.2, 0) is 0 Å². The Morgan fingerprint density at radius 3 is 1.56 bits per heavy atom. The average molecular weight is 124 g/mol. The molecule has 0 N–H and O–H groups in total. The molecular weight excluding hydrogens is 108 g/mol. The summed E-state index contributed by atoms with van der Waals surface area (Å²) >= 11 is 0. The zero-order valence-corrected chi connectivity index (χ0v) is 6.86. The summed E-state index contributed by atoms with van der Waals surface area (Å²) in [6, 6.07) is 0. The largest absolute Gasteiger partial charge is 0.0619 e. The van der Waals surface area contributed by atoms with Crippen LogP contribution < -0.4 is 0 Å². The first-order valence-corrected chi connectivity index (χ1v) is 4.03. The summed E-state index contributed by atoms with van der Waals surface area (Å²) in [5.41, 5.74) is 1.50. The zero-order valence-electron chi connectivity index (χ0n) is 6.86. The van der Waals surface area contributed by atoms with E-state index in [9.17, 15) is 0 Å². The summed E-state index contributed by atoms with van der Waals surface area (Å²) in [4.78, 5) is 0. The summed E-state index contributed by atoms with van der Waals surface area (Å²) < 4.78 is 0. The molecule has 0 aliphatic heterocycles. The smallest absolute Gasteiger partial charge is 0.0184 e. The third kappa shape index (κ3) is 0.367. The fourth-order valence-electron chi connectivity index (χ4n) is 3.11. The van der Waals surface area contributed by atoms with E-state index in [-0.39, 0.29) is 0 Å². The normalized spacial score (nSPS) is 60.0. The highest BCUT2D eigenvalue weighted by Gasteiger charge is 2.78. The van der Waals surface area contributed by atoms with E-state index >= 15 is 0 Å². The molecule has 1 spiro atoms. The molecule has 2 saturated carbocycles. The van der Waals surface area contributed by atoms with Crippen LogP contribution in [0.25, 0.3) is 0 Å². The summed E-state index contributed by atoms with van der Waals surface area (Å²) in [5.74, 6) is 2.03. The van der Waals surface area contributed by atoms with Crippen LogP contribution in [0.5, 0.6) is 0 Å². The molecule has 2 rings (SSSR count). The number of hydrogen-bond donors (Lipinski definition) is 0. The second kappa shape index (κ2) is 1.09. The van der Waals surface area contributed by atoms with E-state index < -0.39 is 0 Å². The van der Waals surface area contributed by atoms with Gasteiger partial charge in [0.05, 0.1) is 0 Å². The highest BCUT2D eigenvalue weighted by atomic mass is 14.8. The van der Waals surface area contributed by atoms with Crippen molar-refractivity contribution in [1.29, 1.82) is 0 Å². The van der Waals surface area contributed by atoms with Gasteiger partial charge in [0.1, 0.15) is 0 Å². The van der Waals surface area contributed by atoms with Gasteiger partial charge in [-0.1, -0.05) is 27.7 Å². The van der Waals surface area contributed by atoms with Gasteiger partial charge in [0, 0.05) is 0 Å². The average Bonchev–Trinajstić information content (AvgIpc) is 2.48. The molecule has 0 bridgehead atoms. The molecular formula is C9H16. The molecule has 0 amide bonds. The predicted octanol–water partition coefficient (Wildman–Crippen LogP) is 2.69. The van der Waals surface area contributed by atoms with Gasteiger partial charge in [-0.05, 0) is 29.1 Å². The fourth-order valence-corrected chi connectivity index (χ4v) is 3.11. The second-order valence-corrected chi connectivity index (χ2v) is 4.59. The van der Waals surface area contributed by atoms with E-state index in [1.165, 1.54) is 6.42 Å². The summed E-state index contributed by atoms with van der Waals surface area (Å²) in [5, 5.41) is 0. The minimum absolute atomic E-state index is 0.687. The Morgan fingerprint density at radius 2 is 1.56 bits per heavy atom. The Bertz CT molecular complexity index is 157. The van der Waals surface area contributed by atoms with Crippen molar-refractivity contribution in [2.24, 2.45) is 22.7 Å². The molecule has 0 saturated heterocycles. The molecule has 3 unspecified atom stereocenters. The highest BCUT2D eigenvalue weighted by molar-refractivity contribution is 5.26. The maximum atomic E-state index is 2.42. The van der Waals surface area contributed by atoms with Crippen molar-refractivity contribution in [1.82, 2.24) is 0 Å². The zero-order chi connectivity index (χ0) is 6.86. The summed E-state index contributed by atoms with van der Waals surface area (Å²) in [6.45, 7) is 9.64. The lowest BCUT2D eigenvalue weighted by Gasteiger charge is -1.97. The molecule has 0 heterocycles. The topological polar surface area (TPSA) is 0 Å². The van der Waals surface area contributed by atoms with Crippen LogP contribution in [0.15, 0.2) is 0 Å². The third-order valence-corrected chi connectivity index (χ3v) is 4.33. The van der Waals surface area contributed by atoms with E-state index in [4.69, 9.17) is 0 Å². The Labute approximate surface area is 57.6 Å². The molecule has 9 heavy (non-hydrogen) atoms. The number of rotatable bonds is 0. The molecule has 52 valence electrons. The molecule has 3 atom stereocenters. The molecule has 0 aromatic rings. The molecule has 2 fully saturated rings. The van der Waals surface area contributed by atoms with Gasteiger partial charge in [-0.3, -0.25) is 0 Å². The van der Waals surface area contributed by atoms with Crippen LogP contribution in [0.1, 0.15) is 34.1 Å². The maximum absolute atomic E-state index is 2.42. The van der Waals surface area contributed by atoms with Crippen molar-refractivity contribution >= 4 is 0 Å². The predicted molar refractivity (Wildman–Crippen MR) is 39.2 cm³/mol. The minimum atomic E-state index is 0.687. The minimum Gasteiger partial charge on any atom is -0.0619 e. The SMILES string of the molecule is CC1CC12C(C)C2(C)C. The van der Waals surface area contributed by atoms with E-state index in [0.717, 1.165) is 17.3 Å². The van der Waals surface area contributed by atoms with Gasteiger partial charge in [0.2, 0.25) is 0 Å². The molecule has 0 aromatic carbocycles. The van der Waals surface area contributed by atoms with Gasteiger partial charge in [-0.15, -0.1) is 0 Å². The lowest BCUT2D eigenvalue weighted by molar-refractivity contribution is 0.520. The third-order valence-electron chi connectivity index (χ3n) is 4.33. The van der Waals surface area contributed by atoms with Crippen LogP contribution in [0.4, 0.5) is 0 Å². The van der Waals surface area contributed by atoms with Gasteiger partial charge >= 0.3 is 0 Å². The fraction of sp³-hybridized carbons (Fsp3) is 1.00. The van der Waals surface area contributed by atoms with Crippen molar-refractivity contribution in [3.63, 3.8) is 0 Å². The molecule has 2 aliphatic carbocycles. The van der Waals surface area contributed by atoms with Crippen LogP contribution in [0, 0.1) is 22.7 Å². The van der Waals surface area contributed by atoms with Crippen LogP contribution in [-0.4, -0.2) is 0 Å². The monoisotopic (exact) mass is 124 g/mol. The van der Waals surface area contributed by atoms with Crippen LogP contribution in [0.2, 0.25) is 0 Å². The maximum Gasteiger partial charge on any atom is -0.0184 e. The number of hydrogen-bond acceptors (Lipinski definition) is 0. The first-order chi connectivity index (χ1) is 4.03. The van der Waals surface area contributed by atoms with E-state index in [1.807, 2.05) is 0 Å². The first kappa shape index (κ1) is 5.76. The van der Waals surface area contributed by atoms with Crippen LogP contribution >= 0.6 is 0 Å². The molecule has 0 aromatic heterocycles. The highest BCUT2D eigenvalue weighted by Crippen LogP contribution is 2.84. The van der Waals surface area contributed by atoms with Crippen LogP contribution in [0.3, 0.4) is 0 Å². The van der Waals surface area contributed by atoms with Gasteiger partial charge in [0.15, 0.2) is 0 Å². The van der Waals surface area contributed by atoms with Gasteiger partial charge in [-0.25, -0.2) is 0 Å². The van der Waals surface area contributed by atoms with Crippen molar-refractivity contribution in [2.75, 3.05) is 0 Å². The quantitative estimate of drug-likeness (QED) is 0.465. The summed E-state index contributed by atoms with van der Waals surface area (Å²) in [6.07, 6.45) is 1.50. The van der Waals surface area contributed by atoms with E-state index in [0.29, 0.717) is 5.41 Å². The van der Waals surface area contributed by atoms with Gasteiger partial charge in [-0.2, -0.15) is 0 Å². The molecule has 2 aliphatic rings. The lowest BCUT2D eigenvalue weighted by Crippen LogP contribution is -1.89. The summed E-state index contributed by atoms with van der Waals surface area (Å²) in [7, 11) is 0. The first-order valence-electron chi connectivity index (χ1n) is 4.03. The Balaban J connectivity index is 2.23. The van der Waals surface area contributed by atoms with Gasteiger partial charge in [0.25, 0.3) is 0 Å². The Hall–Kier alpha value is 0. The Morgan fingerprint density at radius 1 is 1.22 bits per heavy atom. The van der Waals surface area contributed by atoms with Crippen molar-refractivity contribution in [3.05, 3.63) is 0 Å².